The second kappa shape index (κ2) is 6.93. The molecule has 2 rings (SSSR count). The first-order valence-corrected chi connectivity index (χ1v) is 8.20. The maximum Gasteiger partial charge on any atom is 0.317 e. The molecule has 2 amide bonds. The summed E-state index contributed by atoms with van der Waals surface area (Å²) in [5, 5.41) is 14.2. The van der Waals surface area contributed by atoms with Gasteiger partial charge < -0.3 is 15.3 Å². The zero-order valence-corrected chi connectivity index (χ0v) is 13.2. The summed E-state index contributed by atoms with van der Waals surface area (Å²) in [7, 11) is 0. The number of rotatable bonds is 4. The third-order valence-corrected chi connectivity index (χ3v) is 4.87. The molecule has 3 atom stereocenters. The van der Waals surface area contributed by atoms with E-state index in [-0.39, 0.29) is 18.0 Å². The number of piperidine rings is 1. The number of hydrogen-bond donors (Lipinski definition) is 2. The minimum Gasteiger partial charge on any atom is -0.481 e. The Hall–Kier alpha value is -1.56. The van der Waals surface area contributed by atoms with Gasteiger partial charge in [-0.1, -0.05) is 19.9 Å². The van der Waals surface area contributed by atoms with E-state index in [1.165, 1.54) is 0 Å². The van der Waals surface area contributed by atoms with Crippen LogP contribution in [0.5, 0.6) is 0 Å². The smallest absolute Gasteiger partial charge is 0.317 e. The Morgan fingerprint density at radius 1 is 1.52 bits per heavy atom. The average molecular weight is 310 g/mol. The first-order valence-electron chi connectivity index (χ1n) is 7.32. The topological polar surface area (TPSA) is 69.6 Å². The molecule has 2 N–H and O–H groups in total. The van der Waals surface area contributed by atoms with Crippen molar-refractivity contribution in [2.75, 3.05) is 13.1 Å². The summed E-state index contributed by atoms with van der Waals surface area (Å²) < 4.78 is 0. The van der Waals surface area contributed by atoms with E-state index in [9.17, 15) is 14.7 Å². The minimum atomic E-state index is -0.815. The van der Waals surface area contributed by atoms with Crippen LogP contribution in [-0.4, -0.2) is 35.1 Å². The summed E-state index contributed by atoms with van der Waals surface area (Å²) in [6.45, 7) is 4.94. The Balaban J connectivity index is 2.00. The largest absolute Gasteiger partial charge is 0.481 e. The van der Waals surface area contributed by atoms with Gasteiger partial charge in [0, 0.05) is 18.0 Å². The molecule has 1 aromatic rings. The Bertz CT molecular complexity index is 489. The van der Waals surface area contributed by atoms with E-state index >= 15 is 0 Å². The van der Waals surface area contributed by atoms with E-state index < -0.39 is 11.9 Å². The Labute approximate surface area is 129 Å². The van der Waals surface area contributed by atoms with Gasteiger partial charge in [-0.25, -0.2) is 4.79 Å². The number of hydrogen-bond acceptors (Lipinski definition) is 3. The van der Waals surface area contributed by atoms with Gasteiger partial charge in [0.25, 0.3) is 0 Å². The Kier molecular flexibility index (Phi) is 5.22. The third kappa shape index (κ3) is 3.97. The monoisotopic (exact) mass is 310 g/mol. The summed E-state index contributed by atoms with van der Waals surface area (Å²) >= 11 is 1.62. The molecule has 21 heavy (non-hydrogen) atoms. The van der Waals surface area contributed by atoms with E-state index in [2.05, 4.69) is 5.32 Å². The van der Waals surface area contributed by atoms with Crippen LogP contribution >= 0.6 is 11.3 Å². The van der Waals surface area contributed by atoms with Crippen molar-refractivity contribution in [2.45, 2.75) is 32.7 Å². The molecule has 1 aromatic heterocycles. The molecule has 3 unspecified atom stereocenters. The lowest BCUT2D eigenvalue weighted by molar-refractivity contribution is -0.143. The van der Waals surface area contributed by atoms with E-state index in [4.69, 9.17) is 0 Å². The predicted octanol–water partition coefficient (Wildman–Crippen LogP) is 2.95. The highest BCUT2D eigenvalue weighted by molar-refractivity contribution is 7.10. The lowest BCUT2D eigenvalue weighted by Gasteiger charge is -2.35. The zero-order chi connectivity index (χ0) is 15.4. The number of urea groups is 1. The fraction of sp³-hybridized carbons (Fsp3) is 0.600. The molecule has 0 saturated carbocycles. The fourth-order valence-corrected chi connectivity index (χ4v) is 3.66. The quantitative estimate of drug-likeness (QED) is 0.898. The number of thiophene rings is 1. The maximum atomic E-state index is 12.4. The average Bonchev–Trinajstić information content (AvgIpc) is 2.97. The zero-order valence-electron chi connectivity index (χ0n) is 12.4. The highest BCUT2D eigenvalue weighted by atomic mass is 32.1. The number of carbonyl (C=O) groups excluding carboxylic acids is 1. The third-order valence-electron chi connectivity index (χ3n) is 3.89. The van der Waals surface area contributed by atoms with Gasteiger partial charge in [0.2, 0.25) is 0 Å². The number of nitrogens with zero attached hydrogens (tertiary/aromatic N) is 1. The van der Waals surface area contributed by atoms with Crippen molar-refractivity contribution in [1.82, 2.24) is 10.2 Å². The van der Waals surface area contributed by atoms with Crippen molar-refractivity contribution in [1.29, 1.82) is 0 Å². The van der Waals surface area contributed by atoms with Crippen LogP contribution < -0.4 is 5.32 Å². The van der Waals surface area contributed by atoms with Gasteiger partial charge in [-0.15, -0.1) is 11.3 Å². The Morgan fingerprint density at radius 2 is 2.29 bits per heavy atom. The number of carboxylic acid groups (broad SMARTS) is 1. The number of likely N-dealkylation sites (tertiary alicyclic amines) is 1. The fourth-order valence-electron chi connectivity index (χ4n) is 2.80. The summed E-state index contributed by atoms with van der Waals surface area (Å²) in [5.74, 6) is -1.06. The van der Waals surface area contributed by atoms with Crippen LogP contribution in [0.3, 0.4) is 0 Å². The molecule has 0 radical (unpaired) electrons. The summed E-state index contributed by atoms with van der Waals surface area (Å²) in [4.78, 5) is 26.4. The normalized spacial score (nSPS) is 23.6. The maximum absolute atomic E-state index is 12.4. The lowest BCUT2D eigenvalue weighted by atomic mass is 9.91. The molecule has 6 heteroatoms. The molecule has 0 aromatic carbocycles. The molecular weight excluding hydrogens is 288 g/mol. The van der Waals surface area contributed by atoms with Gasteiger partial charge in [-0.2, -0.15) is 0 Å². The molecule has 0 aliphatic carbocycles. The highest BCUT2D eigenvalue weighted by Gasteiger charge is 2.32. The molecular formula is C15H22N2O3S. The van der Waals surface area contributed by atoms with Crippen molar-refractivity contribution in [2.24, 2.45) is 11.8 Å². The van der Waals surface area contributed by atoms with Crippen LogP contribution in [0.15, 0.2) is 17.5 Å². The highest BCUT2D eigenvalue weighted by Crippen LogP contribution is 2.24. The second-order valence-corrected chi connectivity index (χ2v) is 6.69. The van der Waals surface area contributed by atoms with E-state index in [1.54, 1.807) is 16.2 Å². The standard InChI is InChI=1S/C15H22N2O3S/c1-3-12(13-5-4-6-21-13)16-15(20)17-8-10(2)7-11(9-17)14(18)19/h4-6,10-12H,3,7-9H2,1-2H3,(H,16,20)(H,18,19). The molecule has 5 nitrogen and oxygen atoms in total. The van der Waals surface area contributed by atoms with Crippen LogP contribution in [0.25, 0.3) is 0 Å². The number of aliphatic carboxylic acids is 1. The number of nitrogens with one attached hydrogen (secondary N) is 1. The van der Waals surface area contributed by atoms with Crippen LogP contribution in [-0.2, 0) is 4.79 Å². The molecule has 1 fully saturated rings. The van der Waals surface area contributed by atoms with Crippen LogP contribution in [0.4, 0.5) is 4.79 Å². The van der Waals surface area contributed by atoms with Gasteiger partial charge in [-0.05, 0) is 30.2 Å². The van der Waals surface area contributed by atoms with Gasteiger partial charge in [0.05, 0.1) is 12.0 Å². The lowest BCUT2D eigenvalue weighted by Crippen LogP contribution is -2.50. The number of amides is 2. The SMILES string of the molecule is CCC(NC(=O)N1CC(C)CC(C(=O)O)C1)c1cccs1. The number of carbonyl (C=O) groups is 2. The van der Waals surface area contributed by atoms with Crippen molar-refractivity contribution < 1.29 is 14.7 Å². The van der Waals surface area contributed by atoms with Gasteiger partial charge in [0.1, 0.15) is 0 Å². The molecule has 116 valence electrons. The van der Waals surface area contributed by atoms with Crippen molar-refractivity contribution in [3.8, 4) is 0 Å². The predicted molar refractivity (Wildman–Crippen MR) is 82.4 cm³/mol. The summed E-state index contributed by atoms with van der Waals surface area (Å²) in [5.41, 5.74) is 0. The van der Waals surface area contributed by atoms with Gasteiger partial charge in [0.15, 0.2) is 0 Å². The first kappa shape index (κ1) is 15.8. The van der Waals surface area contributed by atoms with E-state index in [1.807, 2.05) is 31.4 Å². The summed E-state index contributed by atoms with van der Waals surface area (Å²) in [6.07, 6.45) is 1.46. The van der Waals surface area contributed by atoms with Crippen LogP contribution in [0.2, 0.25) is 0 Å². The first-order chi connectivity index (χ1) is 10.0. The Morgan fingerprint density at radius 3 is 2.86 bits per heavy atom. The van der Waals surface area contributed by atoms with E-state index in [0.29, 0.717) is 19.5 Å². The van der Waals surface area contributed by atoms with Crippen molar-refractivity contribution in [3.63, 3.8) is 0 Å². The number of carboxylic acids is 1. The summed E-state index contributed by atoms with van der Waals surface area (Å²) in [6, 6.07) is 3.82. The molecule has 2 heterocycles. The molecule has 1 saturated heterocycles. The van der Waals surface area contributed by atoms with Crippen LogP contribution in [0.1, 0.15) is 37.6 Å². The van der Waals surface area contributed by atoms with Gasteiger partial charge in [-0.3, -0.25) is 4.79 Å². The second-order valence-electron chi connectivity index (χ2n) is 5.71. The minimum absolute atomic E-state index is 0.00184. The van der Waals surface area contributed by atoms with Crippen molar-refractivity contribution in [3.05, 3.63) is 22.4 Å². The molecule has 0 spiro atoms. The molecule has 1 aliphatic heterocycles. The van der Waals surface area contributed by atoms with Gasteiger partial charge >= 0.3 is 12.0 Å². The molecule has 1 aliphatic rings. The van der Waals surface area contributed by atoms with E-state index in [0.717, 1.165) is 11.3 Å². The van der Waals surface area contributed by atoms with Crippen LogP contribution in [0, 0.1) is 11.8 Å². The van der Waals surface area contributed by atoms with Crippen molar-refractivity contribution >= 4 is 23.3 Å². The molecule has 0 bridgehead atoms.